The number of carbonyl (C=O) groups is 2. The first-order valence-corrected chi connectivity index (χ1v) is 8.40. The van der Waals surface area contributed by atoms with Crippen molar-refractivity contribution < 1.29 is 29.3 Å². The molecule has 138 valence electrons. The van der Waals surface area contributed by atoms with E-state index in [2.05, 4.69) is 0 Å². The topological polar surface area (TPSA) is 93.1 Å². The van der Waals surface area contributed by atoms with Crippen molar-refractivity contribution in [1.29, 1.82) is 0 Å². The predicted molar refractivity (Wildman–Crippen MR) is 104 cm³/mol. The molecule has 4 rings (SSSR count). The molecule has 4 aromatic carbocycles. The lowest BCUT2D eigenvalue weighted by Crippen LogP contribution is -2.07. The zero-order valence-corrected chi connectivity index (χ0v) is 14.5. The van der Waals surface area contributed by atoms with E-state index in [4.69, 9.17) is 9.47 Å². The predicted octanol–water partition coefficient (Wildman–Crippen LogP) is 5.77. The molecule has 0 atom stereocenters. The minimum Gasteiger partial charge on any atom is -0.449 e. The number of ether oxygens (including phenoxy) is 2. The van der Waals surface area contributed by atoms with Crippen molar-refractivity contribution in [2.75, 3.05) is 0 Å². The van der Waals surface area contributed by atoms with E-state index in [-0.39, 0.29) is 11.5 Å². The zero-order valence-electron chi connectivity index (χ0n) is 14.5. The Bertz CT molecular complexity index is 1130. The second-order valence-electron chi connectivity index (χ2n) is 6.06. The van der Waals surface area contributed by atoms with Gasteiger partial charge in [0.15, 0.2) is 0 Å². The molecule has 0 aliphatic heterocycles. The Morgan fingerprint density at radius 2 is 0.964 bits per heavy atom. The van der Waals surface area contributed by atoms with E-state index in [1.54, 1.807) is 24.3 Å². The van der Waals surface area contributed by atoms with Crippen LogP contribution in [0.2, 0.25) is 0 Å². The smallest absolute Gasteiger partial charge is 0.449 e. The maximum absolute atomic E-state index is 11.3. The number of fused-ring (bicyclic) bond motifs is 2. The Kier molecular flexibility index (Phi) is 4.29. The largest absolute Gasteiger partial charge is 0.511 e. The summed E-state index contributed by atoms with van der Waals surface area (Å²) in [5.74, 6) is 0.190. The molecule has 0 saturated heterocycles. The summed E-state index contributed by atoms with van der Waals surface area (Å²) in [5, 5.41) is 21.5. The molecular weight excluding hydrogens is 360 g/mol. The van der Waals surface area contributed by atoms with Gasteiger partial charge in [0.2, 0.25) is 0 Å². The summed E-state index contributed by atoms with van der Waals surface area (Å²) < 4.78 is 10.1. The summed E-state index contributed by atoms with van der Waals surface area (Å²) in [4.78, 5) is 22.5. The van der Waals surface area contributed by atoms with E-state index in [1.165, 1.54) is 0 Å². The molecule has 0 radical (unpaired) electrons. The number of carboxylic acid groups (broad SMARTS) is 2. The molecule has 0 amide bonds. The van der Waals surface area contributed by atoms with Gasteiger partial charge in [-0.2, -0.15) is 0 Å². The molecule has 28 heavy (non-hydrogen) atoms. The fourth-order valence-electron chi connectivity index (χ4n) is 3.38. The van der Waals surface area contributed by atoms with Crippen LogP contribution < -0.4 is 9.47 Å². The monoisotopic (exact) mass is 374 g/mol. The van der Waals surface area contributed by atoms with Gasteiger partial charge in [0.05, 0.1) is 0 Å². The summed E-state index contributed by atoms with van der Waals surface area (Å²) in [5.41, 5.74) is 0.905. The van der Waals surface area contributed by atoms with Gasteiger partial charge < -0.3 is 19.7 Å². The molecule has 2 N–H and O–H groups in total. The SMILES string of the molecule is O=C(O)Oc1ccc2ccccc2c1-c1c(OC(=O)O)ccc2ccccc12. The highest BCUT2D eigenvalue weighted by molar-refractivity contribution is 6.10. The minimum absolute atomic E-state index is 0.0952. The molecule has 0 heterocycles. The van der Waals surface area contributed by atoms with Gasteiger partial charge in [0.1, 0.15) is 11.5 Å². The Morgan fingerprint density at radius 3 is 1.36 bits per heavy atom. The number of benzene rings is 4. The van der Waals surface area contributed by atoms with Gasteiger partial charge in [0, 0.05) is 11.1 Å². The van der Waals surface area contributed by atoms with Crippen LogP contribution >= 0.6 is 0 Å². The Balaban J connectivity index is 2.16. The first kappa shape index (κ1) is 17.4. The average Bonchev–Trinajstić information content (AvgIpc) is 2.67. The van der Waals surface area contributed by atoms with Crippen LogP contribution in [0, 0.1) is 0 Å². The summed E-state index contributed by atoms with van der Waals surface area (Å²) in [6, 6.07) is 21.4. The Labute approximate surface area is 159 Å². The summed E-state index contributed by atoms with van der Waals surface area (Å²) >= 11 is 0. The normalized spacial score (nSPS) is 10.7. The molecule has 0 bridgehead atoms. The third-order valence-corrected chi connectivity index (χ3v) is 4.43. The quantitative estimate of drug-likeness (QED) is 0.349. The highest BCUT2D eigenvalue weighted by Gasteiger charge is 2.21. The lowest BCUT2D eigenvalue weighted by Gasteiger charge is -2.17. The fourth-order valence-corrected chi connectivity index (χ4v) is 3.38. The molecule has 0 saturated carbocycles. The van der Waals surface area contributed by atoms with Crippen LogP contribution in [0.1, 0.15) is 0 Å². The fraction of sp³-hybridized carbons (Fsp3) is 0. The Hall–Kier alpha value is -4.06. The van der Waals surface area contributed by atoms with Gasteiger partial charge in [0.25, 0.3) is 0 Å². The van der Waals surface area contributed by atoms with Crippen molar-refractivity contribution in [3.05, 3.63) is 72.8 Å². The zero-order chi connectivity index (χ0) is 19.7. The van der Waals surface area contributed by atoms with Crippen LogP contribution in [-0.2, 0) is 0 Å². The molecule has 6 heteroatoms. The minimum atomic E-state index is -1.46. The average molecular weight is 374 g/mol. The standard InChI is InChI=1S/C22H14O6/c23-21(24)27-17-11-9-13-5-1-3-7-15(13)19(17)20-16-8-4-2-6-14(16)10-12-18(20)28-22(25)26/h1-12H,(H,23,24)(H,25,26). The van der Waals surface area contributed by atoms with E-state index >= 15 is 0 Å². The third-order valence-electron chi connectivity index (χ3n) is 4.43. The van der Waals surface area contributed by atoms with E-state index < -0.39 is 12.3 Å². The van der Waals surface area contributed by atoms with Crippen molar-refractivity contribution in [3.63, 3.8) is 0 Å². The highest BCUT2D eigenvalue weighted by atomic mass is 16.7. The molecule has 6 nitrogen and oxygen atoms in total. The van der Waals surface area contributed by atoms with Crippen LogP contribution in [0.4, 0.5) is 9.59 Å². The second-order valence-corrected chi connectivity index (χ2v) is 6.06. The first-order chi connectivity index (χ1) is 13.5. The van der Waals surface area contributed by atoms with Gasteiger partial charge in [-0.1, -0.05) is 60.7 Å². The highest BCUT2D eigenvalue weighted by Crippen LogP contribution is 2.45. The van der Waals surface area contributed by atoms with Crippen molar-refractivity contribution in [3.8, 4) is 22.6 Å². The molecule has 0 aliphatic carbocycles. The number of hydrogen-bond donors (Lipinski definition) is 2. The number of hydrogen-bond acceptors (Lipinski definition) is 4. The van der Waals surface area contributed by atoms with Crippen molar-refractivity contribution in [1.82, 2.24) is 0 Å². The Morgan fingerprint density at radius 1 is 0.571 bits per heavy atom. The van der Waals surface area contributed by atoms with Crippen molar-refractivity contribution in [2.24, 2.45) is 0 Å². The van der Waals surface area contributed by atoms with E-state index in [0.29, 0.717) is 21.9 Å². The van der Waals surface area contributed by atoms with Gasteiger partial charge in [-0.25, -0.2) is 9.59 Å². The molecule has 4 aromatic rings. The molecule has 0 spiro atoms. The molecule has 0 aliphatic rings. The van der Waals surface area contributed by atoms with Crippen LogP contribution in [-0.4, -0.2) is 22.5 Å². The molecule has 0 unspecified atom stereocenters. The van der Waals surface area contributed by atoms with Crippen LogP contribution in [0.3, 0.4) is 0 Å². The maximum atomic E-state index is 11.3. The van der Waals surface area contributed by atoms with Crippen LogP contribution in [0.5, 0.6) is 11.5 Å². The van der Waals surface area contributed by atoms with Gasteiger partial charge in [-0.05, 0) is 33.7 Å². The third kappa shape index (κ3) is 3.07. The molecular formula is C22H14O6. The van der Waals surface area contributed by atoms with Crippen LogP contribution in [0.15, 0.2) is 72.8 Å². The first-order valence-electron chi connectivity index (χ1n) is 8.40. The molecule has 0 aromatic heterocycles. The van der Waals surface area contributed by atoms with Gasteiger partial charge in [-0.15, -0.1) is 0 Å². The van der Waals surface area contributed by atoms with E-state index in [9.17, 15) is 19.8 Å². The van der Waals surface area contributed by atoms with Crippen LogP contribution in [0.25, 0.3) is 32.7 Å². The summed E-state index contributed by atoms with van der Waals surface area (Å²) in [6.07, 6.45) is -2.92. The summed E-state index contributed by atoms with van der Waals surface area (Å²) in [6.45, 7) is 0. The van der Waals surface area contributed by atoms with Gasteiger partial charge >= 0.3 is 12.3 Å². The number of rotatable bonds is 3. The van der Waals surface area contributed by atoms with Gasteiger partial charge in [-0.3, -0.25) is 0 Å². The van der Waals surface area contributed by atoms with Crippen molar-refractivity contribution >= 4 is 33.9 Å². The van der Waals surface area contributed by atoms with Crippen molar-refractivity contribution in [2.45, 2.75) is 0 Å². The second kappa shape index (κ2) is 6.92. The lowest BCUT2D eigenvalue weighted by molar-refractivity contribution is 0.142. The maximum Gasteiger partial charge on any atom is 0.511 e. The van der Waals surface area contributed by atoms with E-state index in [1.807, 2.05) is 48.5 Å². The summed E-state index contributed by atoms with van der Waals surface area (Å²) in [7, 11) is 0. The molecule has 0 fully saturated rings. The lowest BCUT2D eigenvalue weighted by atomic mass is 9.92. The van der Waals surface area contributed by atoms with E-state index in [0.717, 1.165) is 10.8 Å².